The Bertz CT molecular complexity index is 1310. The molecule has 1 N–H and O–H groups in total. The van der Waals surface area contributed by atoms with Crippen LogP contribution >= 0.6 is 0 Å². The molecule has 39 heavy (non-hydrogen) atoms. The number of likely N-dealkylation sites (tertiary alicyclic amines) is 1. The quantitative estimate of drug-likeness (QED) is 0.354. The summed E-state index contributed by atoms with van der Waals surface area (Å²) in [5.41, 5.74) is 2.92. The van der Waals surface area contributed by atoms with Gasteiger partial charge in [0.15, 0.2) is 0 Å². The Morgan fingerprint density at radius 2 is 1.97 bits per heavy atom. The molecule has 0 amide bonds. The van der Waals surface area contributed by atoms with Gasteiger partial charge in [-0.1, -0.05) is 30.3 Å². The number of anilines is 3. The first-order chi connectivity index (χ1) is 19.1. The van der Waals surface area contributed by atoms with Gasteiger partial charge in [0.2, 0.25) is 18.6 Å². The van der Waals surface area contributed by atoms with Crippen LogP contribution in [-0.4, -0.2) is 61.0 Å². The monoisotopic (exact) mass is 531 g/mol. The van der Waals surface area contributed by atoms with Crippen LogP contribution in [0.5, 0.6) is 5.75 Å². The molecule has 1 fully saturated rings. The van der Waals surface area contributed by atoms with Crippen molar-refractivity contribution in [3.63, 3.8) is 0 Å². The van der Waals surface area contributed by atoms with E-state index in [0.29, 0.717) is 47.8 Å². The van der Waals surface area contributed by atoms with Gasteiger partial charge < -0.3 is 24.3 Å². The average molecular weight is 532 g/mol. The van der Waals surface area contributed by atoms with Gasteiger partial charge in [0, 0.05) is 24.0 Å². The van der Waals surface area contributed by atoms with Gasteiger partial charge in [-0.2, -0.15) is 4.98 Å². The summed E-state index contributed by atoms with van der Waals surface area (Å²) in [5.74, 6) is 1.61. The number of carbonyl (C=O) groups excluding carboxylic acids is 1. The van der Waals surface area contributed by atoms with Gasteiger partial charge in [-0.3, -0.25) is 9.80 Å². The molecular weight excluding hydrogens is 498 g/mol. The van der Waals surface area contributed by atoms with Gasteiger partial charge in [0.25, 0.3) is 0 Å². The third kappa shape index (κ3) is 6.58. The molecule has 10 nitrogen and oxygen atoms in total. The highest BCUT2D eigenvalue weighted by Gasteiger charge is 2.23. The van der Waals surface area contributed by atoms with Crippen molar-refractivity contribution in [2.75, 3.05) is 50.4 Å². The summed E-state index contributed by atoms with van der Waals surface area (Å²) in [5, 5.41) is 3.22. The fourth-order valence-corrected chi connectivity index (χ4v) is 4.59. The van der Waals surface area contributed by atoms with E-state index in [1.54, 1.807) is 24.6 Å². The van der Waals surface area contributed by atoms with E-state index in [0.717, 1.165) is 30.8 Å². The van der Waals surface area contributed by atoms with Crippen LogP contribution in [0.15, 0.2) is 66.9 Å². The molecule has 2 aliphatic rings. The van der Waals surface area contributed by atoms with Gasteiger partial charge in [-0.15, -0.1) is 0 Å². The lowest BCUT2D eigenvalue weighted by Gasteiger charge is -2.24. The number of aromatic nitrogens is 2. The number of benzene rings is 2. The second kappa shape index (κ2) is 12.5. The molecule has 3 aromatic rings. The zero-order valence-electron chi connectivity index (χ0n) is 22.3. The molecule has 0 unspecified atom stereocenters. The molecule has 0 spiro atoms. The second-order valence-electron chi connectivity index (χ2n) is 9.38. The number of ether oxygens (including phenoxy) is 4. The Morgan fingerprint density at radius 1 is 1.15 bits per heavy atom. The van der Waals surface area contributed by atoms with E-state index in [4.69, 9.17) is 23.9 Å². The first kappa shape index (κ1) is 26.3. The third-order valence-electron chi connectivity index (χ3n) is 6.61. The average Bonchev–Trinajstić information content (AvgIpc) is 3.69. The van der Waals surface area contributed by atoms with Crippen molar-refractivity contribution >= 4 is 23.4 Å². The maximum absolute atomic E-state index is 12.6. The van der Waals surface area contributed by atoms with Crippen molar-refractivity contribution in [3.05, 3.63) is 83.6 Å². The smallest absolute Gasteiger partial charge is 0.341 e. The van der Waals surface area contributed by atoms with Crippen molar-refractivity contribution in [1.29, 1.82) is 0 Å². The lowest BCUT2D eigenvalue weighted by atomic mass is 10.1. The summed E-state index contributed by atoms with van der Waals surface area (Å²) in [6.45, 7) is 6.13. The van der Waals surface area contributed by atoms with E-state index in [-0.39, 0.29) is 6.79 Å². The third-order valence-corrected chi connectivity index (χ3v) is 6.61. The first-order valence-corrected chi connectivity index (χ1v) is 13.0. The van der Waals surface area contributed by atoms with Gasteiger partial charge in [-0.05, 0) is 56.6 Å². The Labute approximate surface area is 228 Å². The maximum atomic E-state index is 12.6. The topological polar surface area (TPSA) is 98.3 Å². The van der Waals surface area contributed by atoms with Crippen LogP contribution in [0.1, 0.15) is 34.3 Å². The van der Waals surface area contributed by atoms with Crippen molar-refractivity contribution in [2.45, 2.75) is 26.3 Å². The minimum Gasteiger partial charge on any atom is -0.491 e. The molecule has 0 atom stereocenters. The van der Waals surface area contributed by atoms with E-state index < -0.39 is 5.97 Å². The van der Waals surface area contributed by atoms with Gasteiger partial charge >= 0.3 is 5.97 Å². The number of carbonyl (C=O) groups is 1. The second-order valence-corrected chi connectivity index (χ2v) is 9.38. The van der Waals surface area contributed by atoms with E-state index in [1.807, 2.05) is 48.2 Å². The van der Waals surface area contributed by atoms with Crippen LogP contribution < -0.4 is 15.0 Å². The first-order valence-electron chi connectivity index (χ1n) is 13.0. The zero-order valence-corrected chi connectivity index (χ0v) is 22.3. The fraction of sp³-hybridized carbons (Fsp3) is 0.345. The van der Waals surface area contributed by atoms with Crippen LogP contribution in [0.3, 0.4) is 0 Å². The lowest BCUT2D eigenvalue weighted by molar-refractivity contribution is 0.0595. The summed E-state index contributed by atoms with van der Waals surface area (Å²) in [7, 11) is 1.36. The summed E-state index contributed by atoms with van der Waals surface area (Å²) < 4.78 is 22.0. The molecule has 10 heteroatoms. The summed E-state index contributed by atoms with van der Waals surface area (Å²) in [6, 6.07) is 15.3. The van der Waals surface area contributed by atoms with E-state index in [1.165, 1.54) is 20.0 Å². The number of rotatable bonds is 11. The van der Waals surface area contributed by atoms with Crippen LogP contribution in [0, 0.1) is 6.92 Å². The van der Waals surface area contributed by atoms with Crippen molar-refractivity contribution in [2.24, 2.45) is 0 Å². The fourth-order valence-electron chi connectivity index (χ4n) is 4.59. The summed E-state index contributed by atoms with van der Waals surface area (Å²) in [6.07, 6.45) is 5.77. The lowest BCUT2D eigenvalue weighted by Crippen LogP contribution is -2.25. The number of hydrogen-bond donors (Lipinski definition) is 1. The minimum atomic E-state index is -0.473. The highest BCUT2D eigenvalue weighted by molar-refractivity contribution is 5.93. The Balaban J connectivity index is 1.36. The van der Waals surface area contributed by atoms with Crippen LogP contribution in [0.2, 0.25) is 0 Å². The summed E-state index contributed by atoms with van der Waals surface area (Å²) >= 11 is 0. The number of nitrogens with one attached hydrogen (secondary N) is 1. The largest absolute Gasteiger partial charge is 0.491 e. The molecule has 5 rings (SSSR count). The highest BCUT2D eigenvalue weighted by atomic mass is 16.7. The van der Waals surface area contributed by atoms with E-state index in [9.17, 15) is 4.79 Å². The van der Waals surface area contributed by atoms with Crippen LogP contribution in [-0.2, 0) is 20.8 Å². The van der Waals surface area contributed by atoms with Gasteiger partial charge in [0.1, 0.15) is 30.0 Å². The molecule has 2 aliphatic heterocycles. The Morgan fingerprint density at radius 3 is 2.72 bits per heavy atom. The predicted molar refractivity (Wildman–Crippen MR) is 147 cm³/mol. The standard InChI is InChI=1S/C29H33N5O5/c1-21-17-30-29(32-27(21)34(26-19-37-20-39-26)18-22-8-4-3-5-9-22)31-23-10-11-25(24(16-23)28(35)36-2)38-15-14-33-12-6-7-13-33/h3-5,8-11,16-17,19H,6-7,12-15,18,20H2,1-2H3,(H,30,31,32). The Hall–Kier alpha value is -4.31. The molecule has 0 aliphatic carbocycles. The van der Waals surface area contributed by atoms with Crippen molar-refractivity contribution in [1.82, 2.24) is 14.9 Å². The van der Waals surface area contributed by atoms with Crippen LogP contribution in [0.25, 0.3) is 0 Å². The molecule has 3 heterocycles. The number of methoxy groups -OCH3 is 1. The molecular formula is C29H33N5O5. The van der Waals surface area contributed by atoms with Gasteiger partial charge in [0.05, 0.1) is 13.7 Å². The van der Waals surface area contributed by atoms with E-state index >= 15 is 0 Å². The molecule has 0 bridgehead atoms. The number of hydrogen-bond acceptors (Lipinski definition) is 10. The Kier molecular flexibility index (Phi) is 8.42. The van der Waals surface area contributed by atoms with Crippen LogP contribution in [0.4, 0.5) is 17.5 Å². The molecule has 0 radical (unpaired) electrons. The van der Waals surface area contributed by atoms with Gasteiger partial charge in [-0.25, -0.2) is 9.78 Å². The number of esters is 1. The highest BCUT2D eigenvalue weighted by Crippen LogP contribution is 2.29. The van der Waals surface area contributed by atoms with Crippen molar-refractivity contribution < 1.29 is 23.7 Å². The van der Waals surface area contributed by atoms with Crippen molar-refractivity contribution in [3.8, 4) is 5.75 Å². The number of aryl methyl sites for hydroxylation is 1. The molecule has 1 saturated heterocycles. The molecule has 204 valence electrons. The molecule has 0 saturated carbocycles. The molecule has 2 aromatic carbocycles. The number of nitrogens with zero attached hydrogens (tertiary/aromatic N) is 4. The maximum Gasteiger partial charge on any atom is 0.341 e. The van der Waals surface area contributed by atoms with E-state index in [2.05, 4.69) is 15.2 Å². The SMILES string of the molecule is COC(=O)c1cc(Nc2ncc(C)c(N(Cc3ccccc3)C3=COCO3)n2)ccc1OCCN1CCCC1. The predicted octanol–water partition coefficient (Wildman–Crippen LogP) is 4.60. The summed E-state index contributed by atoms with van der Waals surface area (Å²) in [4.78, 5) is 26.1. The normalized spacial score (nSPS) is 14.8. The minimum absolute atomic E-state index is 0.151. The zero-order chi connectivity index (χ0) is 27.0. The molecule has 1 aromatic heterocycles.